The van der Waals surface area contributed by atoms with Gasteiger partial charge in [-0.05, 0) is 32.1 Å². The van der Waals surface area contributed by atoms with Crippen molar-refractivity contribution in [2.24, 2.45) is 5.92 Å². The lowest BCUT2D eigenvalue weighted by molar-refractivity contribution is -0.0341. The molecule has 4 heterocycles. The molecule has 0 bridgehead atoms. The number of hydrogen-bond donors (Lipinski definition) is 2. The van der Waals surface area contributed by atoms with Gasteiger partial charge in [0, 0.05) is 19.0 Å². The third-order valence-corrected chi connectivity index (χ3v) is 7.10. The molecule has 3 aliphatic rings. The topological polar surface area (TPSA) is 138 Å². The fourth-order valence-electron chi connectivity index (χ4n) is 4.09. The summed E-state index contributed by atoms with van der Waals surface area (Å²) >= 11 is 0. The Bertz CT molecular complexity index is 977. The van der Waals surface area contributed by atoms with Crippen molar-refractivity contribution in [3.05, 3.63) is 6.33 Å². The predicted molar refractivity (Wildman–Crippen MR) is 109 cm³/mol. The van der Waals surface area contributed by atoms with Crippen molar-refractivity contribution in [1.82, 2.24) is 19.5 Å². The molecule has 30 heavy (non-hydrogen) atoms. The molecule has 0 spiro atoms. The van der Waals surface area contributed by atoms with Gasteiger partial charge < -0.3 is 20.3 Å². The van der Waals surface area contributed by atoms with Crippen LogP contribution in [0.2, 0.25) is 0 Å². The molecule has 0 aromatic carbocycles. The molecule has 12 heteroatoms. The normalized spacial score (nSPS) is 29.0. The molecule has 3 fully saturated rings. The fourth-order valence-corrected chi connectivity index (χ4v) is 5.09. The Morgan fingerprint density at radius 2 is 2.13 bits per heavy atom. The van der Waals surface area contributed by atoms with Gasteiger partial charge in [0.15, 0.2) is 17.0 Å². The molecule has 4 unspecified atom stereocenters. The van der Waals surface area contributed by atoms with E-state index in [0.29, 0.717) is 17.6 Å². The van der Waals surface area contributed by atoms with E-state index in [1.807, 2.05) is 4.57 Å². The number of rotatable bonds is 7. The molecule has 2 aromatic rings. The molecule has 164 valence electrons. The molecule has 1 saturated carbocycles. The summed E-state index contributed by atoms with van der Waals surface area (Å²) in [5.74, 6) is 1.08. The van der Waals surface area contributed by atoms with Gasteiger partial charge in [-0.3, -0.25) is 13.6 Å². The number of anilines is 2. The Kier molecular flexibility index (Phi) is 5.19. The Balaban J connectivity index is 1.29. The van der Waals surface area contributed by atoms with E-state index in [-0.39, 0.29) is 36.9 Å². The van der Waals surface area contributed by atoms with Crippen LogP contribution in [0.25, 0.3) is 11.2 Å². The van der Waals surface area contributed by atoms with Crippen molar-refractivity contribution in [1.29, 1.82) is 0 Å². The third-order valence-electron chi connectivity index (χ3n) is 6.06. The average molecular weight is 438 g/mol. The Morgan fingerprint density at radius 3 is 2.80 bits per heavy atom. The van der Waals surface area contributed by atoms with E-state index in [1.165, 1.54) is 0 Å². The van der Waals surface area contributed by atoms with E-state index in [0.717, 1.165) is 44.6 Å². The number of phosphoric acid groups is 1. The van der Waals surface area contributed by atoms with E-state index in [2.05, 4.69) is 26.8 Å². The number of aromatic nitrogens is 4. The molecule has 11 nitrogen and oxygen atoms in total. The molecule has 2 saturated heterocycles. The summed E-state index contributed by atoms with van der Waals surface area (Å²) in [6, 6.07) is 0. The highest BCUT2D eigenvalue weighted by Crippen LogP contribution is 2.49. The molecule has 3 N–H and O–H groups in total. The quantitative estimate of drug-likeness (QED) is 0.619. The summed E-state index contributed by atoms with van der Waals surface area (Å²) in [4.78, 5) is 25.3. The molecule has 4 atom stereocenters. The van der Waals surface area contributed by atoms with E-state index in [9.17, 15) is 9.46 Å². The summed E-state index contributed by atoms with van der Waals surface area (Å²) in [6.07, 6.45) is 5.26. The van der Waals surface area contributed by atoms with Crippen LogP contribution in [0.1, 0.15) is 45.3 Å². The standard InChI is InChI=1S/C18H27N6O5P/c1-11-8-13(9-27-30(25,26)29-12-4-2-5-12)28-17(11)24-10-20-14-15(23-6-3-7-23)21-18(19)22-16(14)24/h10-13,17H,2-9H2,1H3,(H,25,26)(H2,19,21,22). The minimum Gasteiger partial charge on any atom is -0.368 e. The lowest BCUT2D eigenvalue weighted by atomic mass is 9.97. The Morgan fingerprint density at radius 1 is 1.33 bits per heavy atom. The van der Waals surface area contributed by atoms with Gasteiger partial charge in [0.25, 0.3) is 0 Å². The van der Waals surface area contributed by atoms with Gasteiger partial charge in [0.05, 0.1) is 25.1 Å². The number of nitrogen functional groups attached to an aromatic ring is 1. The summed E-state index contributed by atoms with van der Waals surface area (Å²) < 4.78 is 30.5. The zero-order valence-corrected chi connectivity index (χ0v) is 17.8. The molecular formula is C18H27N6O5P. The van der Waals surface area contributed by atoms with Crippen molar-refractivity contribution in [2.45, 2.75) is 57.5 Å². The van der Waals surface area contributed by atoms with Gasteiger partial charge in [-0.2, -0.15) is 9.97 Å². The number of ether oxygens (including phenoxy) is 1. The van der Waals surface area contributed by atoms with Crippen LogP contribution in [0.3, 0.4) is 0 Å². The summed E-state index contributed by atoms with van der Waals surface area (Å²) in [7, 11) is -4.07. The van der Waals surface area contributed by atoms with Crippen LogP contribution >= 0.6 is 7.82 Å². The van der Waals surface area contributed by atoms with Crippen molar-refractivity contribution in [3.63, 3.8) is 0 Å². The second-order valence-electron chi connectivity index (χ2n) is 8.35. The van der Waals surface area contributed by atoms with Gasteiger partial charge in [-0.25, -0.2) is 9.55 Å². The Labute approximate surface area is 174 Å². The van der Waals surface area contributed by atoms with Crippen molar-refractivity contribution in [2.75, 3.05) is 30.3 Å². The first-order valence-electron chi connectivity index (χ1n) is 10.5. The summed E-state index contributed by atoms with van der Waals surface area (Å²) in [5.41, 5.74) is 7.29. The zero-order valence-electron chi connectivity index (χ0n) is 16.9. The molecule has 0 amide bonds. The van der Waals surface area contributed by atoms with Crippen molar-refractivity contribution >= 4 is 30.8 Å². The molecule has 2 aliphatic heterocycles. The third kappa shape index (κ3) is 3.80. The zero-order chi connectivity index (χ0) is 20.9. The maximum atomic E-state index is 12.1. The van der Waals surface area contributed by atoms with Gasteiger partial charge in [0.1, 0.15) is 6.23 Å². The van der Waals surface area contributed by atoms with Crippen LogP contribution < -0.4 is 10.6 Å². The minimum atomic E-state index is -4.07. The van der Waals surface area contributed by atoms with Gasteiger partial charge >= 0.3 is 7.82 Å². The maximum Gasteiger partial charge on any atom is 0.472 e. The molecular weight excluding hydrogens is 411 g/mol. The van der Waals surface area contributed by atoms with E-state index < -0.39 is 7.82 Å². The SMILES string of the molecule is CC1CC(COP(=O)(O)OC2CCC2)OC1n1cnc2c(N3CCC3)nc(N)nc21. The molecule has 1 aliphatic carbocycles. The highest BCUT2D eigenvalue weighted by Gasteiger charge is 2.38. The van der Waals surface area contributed by atoms with Crippen LogP contribution in [-0.4, -0.2) is 56.3 Å². The highest BCUT2D eigenvalue weighted by atomic mass is 31.2. The fraction of sp³-hybridized carbons (Fsp3) is 0.722. The van der Waals surface area contributed by atoms with Gasteiger partial charge in [0.2, 0.25) is 5.95 Å². The number of nitrogens with zero attached hydrogens (tertiary/aromatic N) is 5. The van der Waals surface area contributed by atoms with E-state index in [4.69, 9.17) is 19.5 Å². The molecule has 5 rings (SSSR count). The number of imidazole rings is 1. The largest absolute Gasteiger partial charge is 0.472 e. The minimum absolute atomic E-state index is 0.00980. The number of phosphoric ester groups is 1. The number of hydrogen-bond acceptors (Lipinski definition) is 9. The first-order valence-corrected chi connectivity index (χ1v) is 12.0. The van der Waals surface area contributed by atoms with Gasteiger partial charge in [-0.1, -0.05) is 6.92 Å². The average Bonchev–Trinajstić information content (AvgIpc) is 3.18. The molecule has 2 aromatic heterocycles. The maximum absolute atomic E-state index is 12.1. The number of nitrogens with two attached hydrogens (primary N) is 1. The van der Waals surface area contributed by atoms with Gasteiger partial charge in [-0.15, -0.1) is 0 Å². The van der Waals surface area contributed by atoms with Crippen LogP contribution in [0.5, 0.6) is 0 Å². The first-order chi connectivity index (χ1) is 14.4. The Hall–Kier alpha value is -1.78. The van der Waals surface area contributed by atoms with E-state index in [1.54, 1.807) is 6.33 Å². The summed E-state index contributed by atoms with van der Waals surface area (Å²) in [6.45, 7) is 3.90. The number of fused-ring (bicyclic) bond motifs is 1. The first kappa shape index (κ1) is 20.1. The van der Waals surface area contributed by atoms with Crippen molar-refractivity contribution < 1.29 is 23.2 Å². The van der Waals surface area contributed by atoms with Crippen LogP contribution in [-0.2, 0) is 18.3 Å². The highest BCUT2D eigenvalue weighted by molar-refractivity contribution is 7.47. The van der Waals surface area contributed by atoms with Crippen LogP contribution in [0, 0.1) is 5.92 Å². The van der Waals surface area contributed by atoms with Crippen molar-refractivity contribution in [3.8, 4) is 0 Å². The monoisotopic (exact) mass is 438 g/mol. The predicted octanol–water partition coefficient (Wildman–Crippen LogP) is 2.23. The summed E-state index contributed by atoms with van der Waals surface area (Å²) in [5, 5.41) is 0. The lowest BCUT2D eigenvalue weighted by Gasteiger charge is -2.32. The second kappa shape index (κ2) is 7.72. The smallest absolute Gasteiger partial charge is 0.368 e. The lowest BCUT2D eigenvalue weighted by Crippen LogP contribution is -2.38. The van der Waals surface area contributed by atoms with Crippen LogP contribution in [0.15, 0.2) is 6.33 Å². The molecule has 0 radical (unpaired) electrons. The van der Waals surface area contributed by atoms with E-state index >= 15 is 0 Å². The second-order valence-corrected chi connectivity index (χ2v) is 9.76. The van der Waals surface area contributed by atoms with Crippen LogP contribution in [0.4, 0.5) is 11.8 Å².